The van der Waals surface area contributed by atoms with E-state index in [0.29, 0.717) is 16.8 Å². The molecule has 0 amide bonds. The fourth-order valence-electron chi connectivity index (χ4n) is 2.87. The summed E-state index contributed by atoms with van der Waals surface area (Å²) in [5.74, 6) is 2.08. The number of hydrogen-bond acceptors (Lipinski definition) is 6. The van der Waals surface area contributed by atoms with E-state index in [1.165, 1.54) is 12.8 Å². The van der Waals surface area contributed by atoms with Gasteiger partial charge in [-0.25, -0.2) is 0 Å². The first-order chi connectivity index (χ1) is 10.7. The molecule has 1 saturated carbocycles. The molecule has 0 N–H and O–H groups in total. The van der Waals surface area contributed by atoms with Crippen molar-refractivity contribution in [3.05, 3.63) is 35.2 Å². The van der Waals surface area contributed by atoms with Crippen LogP contribution in [-0.2, 0) is 0 Å². The summed E-state index contributed by atoms with van der Waals surface area (Å²) in [6.07, 6.45) is 5.81. The van der Waals surface area contributed by atoms with Gasteiger partial charge in [-0.05, 0) is 26.0 Å². The molecule has 116 valence electrons. The van der Waals surface area contributed by atoms with E-state index in [1.807, 2.05) is 6.07 Å². The van der Waals surface area contributed by atoms with Crippen LogP contribution in [0.5, 0.6) is 0 Å². The summed E-state index contributed by atoms with van der Waals surface area (Å²) in [5.41, 5.74) is 1.01. The smallest absolute Gasteiger partial charge is 0.245 e. The van der Waals surface area contributed by atoms with Crippen LogP contribution < -0.4 is 4.90 Å². The molecule has 0 unspecified atom stereocenters. The zero-order valence-electron chi connectivity index (χ0n) is 12.4. The van der Waals surface area contributed by atoms with Crippen molar-refractivity contribution in [2.45, 2.75) is 24.8 Å². The van der Waals surface area contributed by atoms with Crippen LogP contribution >= 0.6 is 11.6 Å². The van der Waals surface area contributed by atoms with Gasteiger partial charge in [0.15, 0.2) is 5.82 Å². The predicted molar refractivity (Wildman–Crippen MR) is 83.1 cm³/mol. The molecule has 2 aliphatic rings. The zero-order chi connectivity index (χ0) is 15.1. The van der Waals surface area contributed by atoms with Gasteiger partial charge in [0.25, 0.3) is 0 Å². The quantitative estimate of drug-likeness (QED) is 0.866. The van der Waals surface area contributed by atoms with Crippen LogP contribution in [0.4, 0.5) is 5.69 Å². The molecule has 6 nitrogen and oxygen atoms in total. The van der Waals surface area contributed by atoms with Crippen LogP contribution in [-0.4, -0.2) is 46.7 Å². The largest absolute Gasteiger partial charge is 0.367 e. The summed E-state index contributed by atoms with van der Waals surface area (Å²) in [4.78, 5) is 13.2. The van der Waals surface area contributed by atoms with Crippen LogP contribution in [0.3, 0.4) is 0 Å². The van der Waals surface area contributed by atoms with Gasteiger partial charge in [0.05, 0.1) is 10.7 Å². The minimum absolute atomic E-state index is 0.0954. The van der Waals surface area contributed by atoms with Gasteiger partial charge < -0.3 is 9.42 Å². The Morgan fingerprint density at radius 2 is 2.18 bits per heavy atom. The lowest BCUT2D eigenvalue weighted by Crippen LogP contribution is -2.47. The SMILES string of the molecule is CN1CCN(c2ccncc2Cl)C[C@@H]1c1nc(C2CC2)no1. The van der Waals surface area contributed by atoms with Crippen molar-refractivity contribution >= 4 is 17.3 Å². The monoisotopic (exact) mass is 319 g/mol. The topological polar surface area (TPSA) is 58.3 Å². The Bertz CT molecular complexity index is 671. The molecule has 2 fully saturated rings. The van der Waals surface area contributed by atoms with Crippen LogP contribution in [0.25, 0.3) is 0 Å². The predicted octanol–water partition coefficient (Wildman–Crippen LogP) is 2.49. The van der Waals surface area contributed by atoms with E-state index in [4.69, 9.17) is 16.1 Å². The number of likely N-dealkylation sites (N-methyl/N-ethyl adjacent to an activating group) is 1. The molecule has 1 aliphatic carbocycles. The standard InChI is InChI=1S/C15H18ClN5O/c1-20-6-7-21(12-4-5-17-8-11(12)16)9-13(20)15-18-14(19-22-15)10-2-3-10/h4-5,8,10,13H,2-3,6-7,9H2,1H3/t13-/m1/s1. The lowest BCUT2D eigenvalue weighted by atomic mass is 10.1. The second-order valence-corrected chi connectivity index (χ2v) is 6.44. The van der Waals surface area contributed by atoms with Gasteiger partial charge in [-0.3, -0.25) is 9.88 Å². The van der Waals surface area contributed by atoms with Gasteiger partial charge in [-0.15, -0.1) is 0 Å². The Morgan fingerprint density at radius 1 is 1.32 bits per heavy atom. The van der Waals surface area contributed by atoms with Gasteiger partial charge in [0, 0.05) is 37.9 Å². The van der Waals surface area contributed by atoms with Crippen LogP contribution in [0, 0.1) is 0 Å². The Morgan fingerprint density at radius 3 is 2.95 bits per heavy atom. The van der Waals surface area contributed by atoms with E-state index in [-0.39, 0.29) is 6.04 Å². The molecule has 0 aromatic carbocycles. The van der Waals surface area contributed by atoms with Crippen molar-refractivity contribution in [3.8, 4) is 0 Å². The average Bonchev–Trinajstić information content (AvgIpc) is 3.27. The number of anilines is 1. The normalized spacial score (nSPS) is 23.0. The van der Waals surface area contributed by atoms with Crippen molar-refractivity contribution in [1.29, 1.82) is 0 Å². The van der Waals surface area contributed by atoms with Crippen molar-refractivity contribution in [2.24, 2.45) is 0 Å². The molecule has 0 spiro atoms. The molecule has 1 atom stereocenters. The van der Waals surface area contributed by atoms with Gasteiger partial charge >= 0.3 is 0 Å². The van der Waals surface area contributed by atoms with Crippen LogP contribution in [0.2, 0.25) is 5.02 Å². The highest BCUT2D eigenvalue weighted by atomic mass is 35.5. The zero-order valence-corrected chi connectivity index (χ0v) is 13.2. The summed E-state index contributed by atoms with van der Waals surface area (Å²) in [6.45, 7) is 2.62. The number of halogens is 1. The third-order valence-electron chi connectivity index (χ3n) is 4.42. The van der Waals surface area contributed by atoms with Crippen molar-refractivity contribution < 1.29 is 4.52 Å². The molecule has 2 aromatic rings. The maximum absolute atomic E-state index is 6.27. The Labute approximate surface area is 134 Å². The van der Waals surface area contributed by atoms with Gasteiger partial charge in [-0.2, -0.15) is 4.98 Å². The first-order valence-electron chi connectivity index (χ1n) is 7.60. The Balaban J connectivity index is 1.57. The van der Waals surface area contributed by atoms with E-state index in [9.17, 15) is 0 Å². The number of rotatable bonds is 3. The van der Waals surface area contributed by atoms with E-state index in [0.717, 1.165) is 31.1 Å². The first-order valence-corrected chi connectivity index (χ1v) is 7.98. The number of hydrogen-bond donors (Lipinski definition) is 0. The molecular formula is C15H18ClN5O. The number of piperazine rings is 1. The highest BCUT2D eigenvalue weighted by molar-refractivity contribution is 6.33. The number of aromatic nitrogens is 3. The summed E-state index contributed by atoms with van der Waals surface area (Å²) in [6, 6.07) is 2.05. The van der Waals surface area contributed by atoms with Gasteiger partial charge in [-0.1, -0.05) is 16.8 Å². The lowest BCUT2D eigenvalue weighted by Gasteiger charge is -2.39. The summed E-state index contributed by atoms with van der Waals surface area (Å²) < 4.78 is 5.52. The van der Waals surface area contributed by atoms with Crippen LogP contribution in [0.1, 0.15) is 36.5 Å². The van der Waals surface area contributed by atoms with E-state index in [1.54, 1.807) is 12.4 Å². The summed E-state index contributed by atoms with van der Waals surface area (Å²) in [7, 11) is 2.09. The number of nitrogens with zero attached hydrogens (tertiary/aromatic N) is 5. The second-order valence-electron chi connectivity index (χ2n) is 6.03. The van der Waals surface area contributed by atoms with Crippen molar-refractivity contribution in [2.75, 3.05) is 31.6 Å². The molecule has 22 heavy (non-hydrogen) atoms. The van der Waals surface area contributed by atoms with Gasteiger partial charge in [0.2, 0.25) is 5.89 Å². The summed E-state index contributed by atoms with van der Waals surface area (Å²) in [5, 5.41) is 4.81. The lowest BCUT2D eigenvalue weighted by molar-refractivity contribution is 0.177. The van der Waals surface area contributed by atoms with Crippen LogP contribution in [0.15, 0.2) is 23.0 Å². The molecule has 4 rings (SSSR count). The maximum atomic E-state index is 6.27. The average molecular weight is 320 g/mol. The molecule has 7 heteroatoms. The Kier molecular flexibility index (Phi) is 3.50. The highest BCUT2D eigenvalue weighted by Crippen LogP contribution is 2.39. The van der Waals surface area contributed by atoms with E-state index in [2.05, 4.69) is 32.0 Å². The molecular weight excluding hydrogens is 302 g/mol. The highest BCUT2D eigenvalue weighted by Gasteiger charge is 2.34. The molecule has 0 radical (unpaired) electrons. The first kappa shape index (κ1) is 14.0. The fourth-order valence-corrected chi connectivity index (χ4v) is 3.11. The maximum Gasteiger partial charge on any atom is 0.245 e. The molecule has 0 bridgehead atoms. The van der Waals surface area contributed by atoms with Gasteiger partial charge in [0.1, 0.15) is 6.04 Å². The third-order valence-corrected chi connectivity index (χ3v) is 4.72. The second kappa shape index (κ2) is 5.52. The third kappa shape index (κ3) is 2.57. The fraction of sp³-hybridized carbons (Fsp3) is 0.533. The minimum Gasteiger partial charge on any atom is -0.367 e. The molecule has 1 saturated heterocycles. The minimum atomic E-state index is 0.0954. The molecule has 3 heterocycles. The number of pyridine rings is 1. The van der Waals surface area contributed by atoms with Crippen molar-refractivity contribution in [1.82, 2.24) is 20.0 Å². The Hall–Kier alpha value is -1.66. The van der Waals surface area contributed by atoms with E-state index >= 15 is 0 Å². The molecule has 1 aliphatic heterocycles. The van der Waals surface area contributed by atoms with E-state index < -0.39 is 0 Å². The van der Waals surface area contributed by atoms with Crippen molar-refractivity contribution in [3.63, 3.8) is 0 Å². The molecule has 2 aromatic heterocycles. The summed E-state index contributed by atoms with van der Waals surface area (Å²) >= 11 is 6.27.